The van der Waals surface area contributed by atoms with Gasteiger partial charge in [0.1, 0.15) is 0 Å². The van der Waals surface area contributed by atoms with Gasteiger partial charge in [-0.15, -0.1) is 0 Å². The minimum Gasteiger partial charge on any atom is -0.315 e. The van der Waals surface area contributed by atoms with E-state index in [1.807, 2.05) is 0 Å². The maximum Gasteiger partial charge on any atom is 0.0113 e. The van der Waals surface area contributed by atoms with Crippen LogP contribution in [0.4, 0.5) is 0 Å². The Morgan fingerprint density at radius 1 is 0.941 bits per heavy atom. The average Bonchev–Trinajstić information content (AvgIpc) is 2.29. The Morgan fingerprint density at radius 3 is 2.12 bits per heavy atom. The van der Waals surface area contributed by atoms with E-state index in [1.54, 1.807) is 0 Å². The zero-order chi connectivity index (χ0) is 12.7. The van der Waals surface area contributed by atoms with E-state index in [0.717, 1.165) is 12.5 Å². The highest BCUT2D eigenvalue weighted by atomic mass is 15.3. The largest absolute Gasteiger partial charge is 0.315 e. The highest BCUT2D eigenvalue weighted by Gasteiger charge is 2.17. The molecule has 0 aromatic heterocycles. The van der Waals surface area contributed by atoms with E-state index in [-0.39, 0.29) is 0 Å². The topological polar surface area (TPSA) is 18.5 Å². The van der Waals surface area contributed by atoms with Gasteiger partial charge in [-0.05, 0) is 32.7 Å². The van der Waals surface area contributed by atoms with Crippen LogP contribution in [0.25, 0.3) is 0 Å². The molecule has 0 atom stereocenters. The summed E-state index contributed by atoms with van der Waals surface area (Å²) in [5, 5.41) is 3.54. The number of nitrogens with one attached hydrogen (secondary N) is 1. The van der Waals surface area contributed by atoms with E-state index in [4.69, 9.17) is 0 Å². The van der Waals surface area contributed by atoms with Crippen LogP contribution in [0.15, 0.2) is 0 Å². The first-order chi connectivity index (χ1) is 8.09. The Morgan fingerprint density at radius 2 is 1.59 bits per heavy atom. The SMILES string of the molecule is CC(C)CCNCCN1CCN(C(C)C)CC1. The van der Waals surface area contributed by atoms with E-state index in [9.17, 15) is 0 Å². The number of hydrogen-bond donors (Lipinski definition) is 1. The second kappa shape index (κ2) is 8.06. The zero-order valence-corrected chi connectivity index (χ0v) is 12.2. The van der Waals surface area contributed by atoms with Gasteiger partial charge in [0, 0.05) is 45.3 Å². The first-order valence-corrected chi connectivity index (χ1v) is 7.26. The number of nitrogens with zero attached hydrogens (tertiary/aromatic N) is 2. The summed E-state index contributed by atoms with van der Waals surface area (Å²) in [4.78, 5) is 5.16. The van der Waals surface area contributed by atoms with E-state index in [0.29, 0.717) is 6.04 Å². The van der Waals surface area contributed by atoms with Crippen LogP contribution in [-0.2, 0) is 0 Å². The molecule has 1 aliphatic rings. The summed E-state index contributed by atoms with van der Waals surface area (Å²) in [6.45, 7) is 17.6. The van der Waals surface area contributed by atoms with Crippen LogP contribution in [0.1, 0.15) is 34.1 Å². The summed E-state index contributed by atoms with van der Waals surface area (Å²) >= 11 is 0. The molecule has 17 heavy (non-hydrogen) atoms. The molecule has 1 N–H and O–H groups in total. The molecular formula is C14H31N3. The highest BCUT2D eigenvalue weighted by molar-refractivity contribution is 4.74. The molecule has 1 fully saturated rings. The van der Waals surface area contributed by atoms with Gasteiger partial charge in [0.2, 0.25) is 0 Å². The van der Waals surface area contributed by atoms with E-state index < -0.39 is 0 Å². The molecule has 1 rings (SSSR count). The van der Waals surface area contributed by atoms with E-state index >= 15 is 0 Å². The lowest BCUT2D eigenvalue weighted by molar-refractivity contribution is 0.109. The van der Waals surface area contributed by atoms with Crippen LogP contribution in [0.3, 0.4) is 0 Å². The lowest BCUT2D eigenvalue weighted by Gasteiger charge is -2.36. The van der Waals surface area contributed by atoms with Gasteiger partial charge in [-0.2, -0.15) is 0 Å². The summed E-state index contributed by atoms with van der Waals surface area (Å²) < 4.78 is 0. The maximum atomic E-state index is 3.54. The van der Waals surface area contributed by atoms with Gasteiger partial charge in [0.15, 0.2) is 0 Å². The second-order valence-electron chi connectivity index (χ2n) is 5.90. The van der Waals surface area contributed by atoms with Crippen molar-refractivity contribution in [1.29, 1.82) is 0 Å². The molecule has 0 radical (unpaired) electrons. The van der Waals surface area contributed by atoms with Gasteiger partial charge < -0.3 is 5.32 Å². The first-order valence-electron chi connectivity index (χ1n) is 7.26. The second-order valence-corrected chi connectivity index (χ2v) is 5.90. The van der Waals surface area contributed by atoms with Gasteiger partial charge >= 0.3 is 0 Å². The number of rotatable bonds is 7. The Bertz CT molecular complexity index is 184. The average molecular weight is 241 g/mol. The summed E-state index contributed by atoms with van der Waals surface area (Å²) in [7, 11) is 0. The van der Waals surface area contributed by atoms with Gasteiger partial charge in [-0.25, -0.2) is 0 Å². The molecule has 1 aliphatic heterocycles. The van der Waals surface area contributed by atoms with Crippen molar-refractivity contribution in [2.24, 2.45) is 5.92 Å². The summed E-state index contributed by atoms with van der Waals surface area (Å²) in [5.41, 5.74) is 0. The van der Waals surface area contributed by atoms with Crippen LogP contribution in [0.5, 0.6) is 0 Å². The van der Waals surface area contributed by atoms with Gasteiger partial charge in [-0.3, -0.25) is 9.80 Å². The van der Waals surface area contributed by atoms with Crippen LogP contribution in [0.2, 0.25) is 0 Å². The van der Waals surface area contributed by atoms with Gasteiger partial charge in [0.25, 0.3) is 0 Å². The molecule has 0 spiro atoms. The molecule has 3 nitrogen and oxygen atoms in total. The minimum atomic E-state index is 0.710. The molecule has 1 heterocycles. The van der Waals surface area contributed by atoms with Crippen molar-refractivity contribution < 1.29 is 0 Å². The fourth-order valence-corrected chi connectivity index (χ4v) is 2.26. The Kier molecular flexibility index (Phi) is 7.09. The molecule has 0 aromatic carbocycles. The zero-order valence-electron chi connectivity index (χ0n) is 12.2. The third-order valence-corrected chi connectivity index (χ3v) is 3.64. The van der Waals surface area contributed by atoms with Crippen LogP contribution in [0, 0.1) is 5.92 Å². The predicted molar refractivity (Wildman–Crippen MR) is 75.5 cm³/mol. The number of hydrogen-bond acceptors (Lipinski definition) is 3. The van der Waals surface area contributed by atoms with Gasteiger partial charge in [0.05, 0.1) is 0 Å². The fraction of sp³-hybridized carbons (Fsp3) is 1.00. The van der Waals surface area contributed by atoms with Crippen LogP contribution >= 0.6 is 0 Å². The van der Waals surface area contributed by atoms with Crippen LogP contribution < -0.4 is 5.32 Å². The summed E-state index contributed by atoms with van der Waals surface area (Å²) in [6, 6.07) is 0.710. The molecule has 0 amide bonds. The van der Waals surface area contributed by atoms with Crippen molar-refractivity contribution in [2.75, 3.05) is 45.8 Å². The smallest absolute Gasteiger partial charge is 0.0113 e. The molecule has 1 saturated heterocycles. The monoisotopic (exact) mass is 241 g/mol. The molecule has 0 aliphatic carbocycles. The van der Waals surface area contributed by atoms with E-state index in [2.05, 4.69) is 42.8 Å². The van der Waals surface area contributed by atoms with Gasteiger partial charge in [-0.1, -0.05) is 13.8 Å². The van der Waals surface area contributed by atoms with E-state index in [1.165, 1.54) is 45.7 Å². The van der Waals surface area contributed by atoms with Crippen molar-refractivity contribution in [3.8, 4) is 0 Å². The molecular weight excluding hydrogens is 210 g/mol. The third-order valence-electron chi connectivity index (χ3n) is 3.64. The molecule has 102 valence electrons. The highest BCUT2D eigenvalue weighted by Crippen LogP contribution is 2.04. The minimum absolute atomic E-state index is 0.710. The predicted octanol–water partition coefficient (Wildman–Crippen LogP) is 1.65. The van der Waals surface area contributed by atoms with Crippen molar-refractivity contribution in [3.05, 3.63) is 0 Å². The molecule has 0 bridgehead atoms. The Balaban J connectivity index is 1.99. The third kappa shape index (κ3) is 6.39. The normalized spacial score (nSPS) is 19.4. The van der Waals surface area contributed by atoms with Crippen LogP contribution in [-0.4, -0.2) is 61.7 Å². The fourth-order valence-electron chi connectivity index (χ4n) is 2.26. The Labute approximate surface area is 108 Å². The lowest BCUT2D eigenvalue weighted by Crippen LogP contribution is -2.50. The lowest BCUT2D eigenvalue weighted by atomic mass is 10.1. The molecule has 3 heteroatoms. The van der Waals surface area contributed by atoms with Crippen molar-refractivity contribution in [3.63, 3.8) is 0 Å². The number of piperazine rings is 1. The standard InChI is InChI=1S/C14H31N3/c1-13(2)5-6-15-7-8-16-9-11-17(12-10-16)14(3)4/h13-15H,5-12H2,1-4H3. The van der Waals surface area contributed by atoms with Crippen molar-refractivity contribution in [2.45, 2.75) is 40.2 Å². The quantitative estimate of drug-likeness (QED) is 0.684. The molecule has 0 unspecified atom stereocenters. The van der Waals surface area contributed by atoms with Crippen molar-refractivity contribution in [1.82, 2.24) is 15.1 Å². The van der Waals surface area contributed by atoms with Crippen molar-refractivity contribution >= 4 is 0 Å². The Hall–Kier alpha value is -0.120. The molecule has 0 aromatic rings. The molecule has 0 saturated carbocycles. The first kappa shape index (κ1) is 14.9. The summed E-state index contributed by atoms with van der Waals surface area (Å²) in [6.07, 6.45) is 1.29. The summed E-state index contributed by atoms with van der Waals surface area (Å²) in [5.74, 6) is 0.817. The maximum absolute atomic E-state index is 3.54.